The molecule has 1 unspecified atom stereocenters. The molecule has 1 aromatic heterocycles. The molecule has 2 aromatic carbocycles. The summed E-state index contributed by atoms with van der Waals surface area (Å²) >= 11 is 0. The SMILES string of the molecule is Cc1cccc(N2CC(C(=O)NCc3c(C)nn(-c4ccccc4)c3C)CC2=O)c1C. The van der Waals surface area contributed by atoms with E-state index in [4.69, 9.17) is 0 Å². The zero-order chi connectivity index (χ0) is 22.1. The number of para-hydroxylation sites is 1. The average Bonchev–Trinajstić information content (AvgIpc) is 3.28. The molecule has 2 heterocycles. The van der Waals surface area contributed by atoms with Crippen LogP contribution in [0.1, 0.15) is 34.5 Å². The molecule has 1 aliphatic heterocycles. The third-order valence-corrected chi connectivity index (χ3v) is 6.24. The lowest BCUT2D eigenvalue weighted by atomic mass is 10.1. The van der Waals surface area contributed by atoms with E-state index >= 15 is 0 Å². The molecule has 3 aromatic rings. The lowest BCUT2D eigenvalue weighted by Gasteiger charge is -2.20. The second-order valence-electron chi connectivity index (χ2n) is 8.24. The number of hydrogen-bond acceptors (Lipinski definition) is 3. The Morgan fingerprint density at radius 2 is 1.81 bits per heavy atom. The number of carbonyl (C=O) groups excluding carboxylic acids is 2. The predicted molar refractivity (Wildman–Crippen MR) is 121 cm³/mol. The van der Waals surface area contributed by atoms with Gasteiger partial charge in [0, 0.05) is 36.5 Å². The Labute approximate surface area is 182 Å². The largest absolute Gasteiger partial charge is 0.352 e. The summed E-state index contributed by atoms with van der Waals surface area (Å²) in [4.78, 5) is 27.3. The molecular formula is C25H28N4O2. The van der Waals surface area contributed by atoms with Crippen molar-refractivity contribution in [1.82, 2.24) is 15.1 Å². The van der Waals surface area contributed by atoms with Gasteiger partial charge >= 0.3 is 0 Å². The number of aryl methyl sites for hydroxylation is 2. The van der Waals surface area contributed by atoms with E-state index in [2.05, 4.69) is 10.4 Å². The molecule has 2 amide bonds. The monoisotopic (exact) mass is 416 g/mol. The quantitative estimate of drug-likeness (QED) is 0.688. The van der Waals surface area contributed by atoms with E-state index in [1.807, 2.05) is 80.9 Å². The minimum absolute atomic E-state index is 0.00175. The maximum atomic E-state index is 12.9. The first-order chi connectivity index (χ1) is 14.9. The summed E-state index contributed by atoms with van der Waals surface area (Å²) in [6, 6.07) is 15.9. The maximum absolute atomic E-state index is 12.9. The molecule has 1 fully saturated rings. The molecule has 0 saturated carbocycles. The Kier molecular flexibility index (Phi) is 5.63. The number of amides is 2. The van der Waals surface area contributed by atoms with Crippen LogP contribution in [0.4, 0.5) is 5.69 Å². The topological polar surface area (TPSA) is 67.2 Å². The molecule has 0 aliphatic carbocycles. The highest BCUT2D eigenvalue weighted by Gasteiger charge is 2.35. The molecule has 31 heavy (non-hydrogen) atoms. The molecule has 0 bridgehead atoms. The zero-order valence-corrected chi connectivity index (χ0v) is 18.5. The number of nitrogens with zero attached hydrogens (tertiary/aromatic N) is 3. The second-order valence-corrected chi connectivity index (χ2v) is 8.24. The third kappa shape index (κ3) is 3.98. The summed E-state index contributed by atoms with van der Waals surface area (Å²) in [6.07, 6.45) is 0.237. The fraction of sp³-hybridized carbons (Fsp3) is 0.320. The minimum Gasteiger partial charge on any atom is -0.352 e. The maximum Gasteiger partial charge on any atom is 0.227 e. The van der Waals surface area contributed by atoms with Gasteiger partial charge in [-0.05, 0) is 57.0 Å². The smallest absolute Gasteiger partial charge is 0.227 e. The molecule has 1 atom stereocenters. The molecule has 6 heteroatoms. The first-order valence-corrected chi connectivity index (χ1v) is 10.6. The fourth-order valence-corrected chi connectivity index (χ4v) is 4.22. The number of rotatable bonds is 5. The molecule has 6 nitrogen and oxygen atoms in total. The molecule has 1 saturated heterocycles. The predicted octanol–water partition coefficient (Wildman–Crippen LogP) is 3.78. The lowest BCUT2D eigenvalue weighted by molar-refractivity contribution is -0.126. The van der Waals surface area contributed by atoms with Crippen LogP contribution in [0.5, 0.6) is 0 Å². The van der Waals surface area contributed by atoms with Gasteiger partial charge in [-0.15, -0.1) is 0 Å². The van der Waals surface area contributed by atoms with Gasteiger partial charge in [0.25, 0.3) is 0 Å². The second kappa shape index (κ2) is 8.38. The van der Waals surface area contributed by atoms with Gasteiger partial charge in [-0.25, -0.2) is 4.68 Å². The van der Waals surface area contributed by atoms with Crippen molar-refractivity contribution in [2.75, 3.05) is 11.4 Å². The number of aromatic nitrogens is 2. The summed E-state index contributed by atoms with van der Waals surface area (Å²) in [5, 5.41) is 7.68. The van der Waals surface area contributed by atoms with Crippen molar-refractivity contribution in [3.8, 4) is 5.69 Å². The van der Waals surface area contributed by atoms with E-state index in [0.29, 0.717) is 13.1 Å². The normalized spacial score (nSPS) is 16.1. The van der Waals surface area contributed by atoms with Crippen LogP contribution in [0.2, 0.25) is 0 Å². The van der Waals surface area contributed by atoms with Gasteiger partial charge in [-0.1, -0.05) is 30.3 Å². The van der Waals surface area contributed by atoms with Crippen molar-refractivity contribution in [3.63, 3.8) is 0 Å². The molecule has 160 valence electrons. The first-order valence-electron chi connectivity index (χ1n) is 10.6. The Bertz CT molecular complexity index is 1130. The number of benzene rings is 2. The van der Waals surface area contributed by atoms with Crippen molar-refractivity contribution in [2.24, 2.45) is 5.92 Å². The summed E-state index contributed by atoms with van der Waals surface area (Å²) in [7, 11) is 0. The van der Waals surface area contributed by atoms with Gasteiger partial charge in [0.05, 0.1) is 17.3 Å². The van der Waals surface area contributed by atoms with Gasteiger partial charge in [0.1, 0.15) is 0 Å². The number of carbonyl (C=O) groups is 2. The highest BCUT2D eigenvalue weighted by Crippen LogP contribution is 2.29. The van der Waals surface area contributed by atoms with Crippen molar-refractivity contribution >= 4 is 17.5 Å². The minimum atomic E-state index is -0.350. The Balaban J connectivity index is 1.45. The Hall–Kier alpha value is -3.41. The summed E-state index contributed by atoms with van der Waals surface area (Å²) in [6.45, 7) is 8.82. The Morgan fingerprint density at radius 3 is 2.55 bits per heavy atom. The van der Waals surface area contributed by atoms with Crippen LogP contribution in [0.3, 0.4) is 0 Å². The van der Waals surface area contributed by atoms with Gasteiger partial charge in [0.15, 0.2) is 0 Å². The molecule has 0 radical (unpaired) electrons. The van der Waals surface area contributed by atoms with Crippen LogP contribution in [0, 0.1) is 33.6 Å². The standard InChI is InChI=1S/C25H28N4O2/c1-16-9-8-12-23(17(16)2)28-15-20(13-24(28)30)25(31)26-14-22-18(3)27-29(19(22)4)21-10-6-5-7-11-21/h5-12,20H,13-15H2,1-4H3,(H,26,31). The number of hydrogen-bond donors (Lipinski definition) is 1. The van der Waals surface area contributed by atoms with Gasteiger partial charge in [-0.3, -0.25) is 9.59 Å². The fourth-order valence-electron chi connectivity index (χ4n) is 4.22. The van der Waals surface area contributed by atoms with E-state index in [1.165, 1.54) is 0 Å². The number of nitrogens with one attached hydrogen (secondary N) is 1. The van der Waals surface area contributed by atoms with Crippen LogP contribution >= 0.6 is 0 Å². The van der Waals surface area contributed by atoms with Crippen LogP contribution in [-0.4, -0.2) is 28.1 Å². The molecule has 0 spiro atoms. The van der Waals surface area contributed by atoms with E-state index in [9.17, 15) is 9.59 Å². The average molecular weight is 417 g/mol. The summed E-state index contributed by atoms with van der Waals surface area (Å²) in [5.41, 5.74) is 7.01. The molecule has 4 rings (SSSR count). The summed E-state index contributed by atoms with van der Waals surface area (Å²) in [5.74, 6) is -0.442. The van der Waals surface area contributed by atoms with Crippen LogP contribution in [-0.2, 0) is 16.1 Å². The van der Waals surface area contributed by atoms with Gasteiger partial charge in [-0.2, -0.15) is 5.10 Å². The van der Waals surface area contributed by atoms with E-state index in [0.717, 1.165) is 39.5 Å². The highest BCUT2D eigenvalue weighted by atomic mass is 16.2. The number of anilines is 1. The van der Waals surface area contributed by atoms with Crippen molar-refractivity contribution in [3.05, 3.63) is 76.6 Å². The third-order valence-electron chi connectivity index (χ3n) is 6.24. The van der Waals surface area contributed by atoms with Crippen molar-refractivity contribution in [1.29, 1.82) is 0 Å². The van der Waals surface area contributed by atoms with E-state index in [1.54, 1.807) is 4.90 Å². The van der Waals surface area contributed by atoms with Crippen molar-refractivity contribution in [2.45, 2.75) is 40.7 Å². The van der Waals surface area contributed by atoms with Gasteiger partial charge < -0.3 is 10.2 Å². The lowest BCUT2D eigenvalue weighted by Crippen LogP contribution is -2.33. The van der Waals surface area contributed by atoms with Crippen molar-refractivity contribution < 1.29 is 9.59 Å². The zero-order valence-electron chi connectivity index (χ0n) is 18.5. The van der Waals surface area contributed by atoms with Crippen LogP contribution in [0.15, 0.2) is 48.5 Å². The molecule has 1 N–H and O–H groups in total. The molecular weight excluding hydrogens is 388 g/mol. The highest BCUT2D eigenvalue weighted by molar-refractivity contribution is 6.00. The van der Waals surface area contributed by atoms with Crippen LogP contribution in [0.25, 0.3) is 5.69 Å². The van der Waals surface area contributed by atoms with Gasteiger partial charge in [0.2, 0.25) is 11.8 Å². The van der Waals surface area contributed by atoms with E-state index in [-0.39, 0.29) is 24.2 Å². The van der Waals surface area contributed by atoms with Crippen LogP contribution < -0.4 is 10.2 Å². The summed E-state index contributed by atoms with van der Waals surface area (Å²) < 4.78 is 1.90. The van der Waals surface area contributed by atoms with E-state index < -0.39 is 0 Å². The molecule has 1 aliphatic rings. The first kappa shape index (κ1) is 20.8. The Morgan fingerprint density at radius 1 is 1.06 bits per heavy atom.